The minimum Gasteiger partial charge on any atom is -0.356 e. The minimum absolute atomic E-state index is 0.174. The maximum absolute atomic E-state index is 11.4. The lowest BCUT2D eigenvalue weighted by molar-refractivity contribution is -0.121. The lowest BCUT2D eigenvalue weighted by Crippen LogP contribution is -2.38. The zero-order chi connectivity index (χ0) is 12.0. The van der Waals surface area contributed by atoms with Gasteiger partial charge in [-0.15, -0.1) is 0 Å². The van der Waals surface area contributed by atoms with Crippen LogP contribution >= 0.6 is 0 Å². The lowest BCUT2D eigenvalue weighted by Gasteiger charge is -2.21. The quantitative estimate of drug-likeness (QED) is 0.664. The molecule has 1 saturated carbocycles. The van der Waals surface area contributed by atoms with Crippen LogP contribution in [0.4, 0.5) is 0 Å². The third-order valence-electron chi connectivity index (χ3n) is 3.15. The fourth-order valence-electron chi connectivity index (χ4n) is 2.11. The Kier molecular flexibility index (Phi) is 5.81. The van der Waals surface area contributed by atoms with E-state index in [0.717, 1.165) is 25.4 Å². The van der Waals surface area contributed by atoms with Crippen LogP contribution in [0.3, 0.4) is 0 Å². The van der Waals surface area contributed by atoms with Gasteiger partial charge in [-0.2, -0.15) is 0 Å². The Hall–Kier alpha value is -0.570. The highest BCUT2D eigenvalue weighted by Crippen LogP contribution is 2.35. The first kappa shape index (κ1) is 13.5. The third-order valence-corrected chi connectivity index (χ3v) is 3.15. The van der Waals surface area contributed by atoms with Gasteiger partial charge in [-0.25, -0.2) is 0 Å². The molecule has 0 bridgehead atoms. The molecule has 0 spiro atoms. The van der Waals surface area contributed by atoms with Crippen molar-refractivity contribution in [2.45, 2.75) is 52.5 Å². The Morgan fingerprint density at radius 2 is 2.00 bits per heavy atom. The van der Waals surface area contributed by atoms with Crippen LogP contribution in [-0.4, -0.2) is 25.0 Å². The van der Waals surface area contributed by atoms with Crippen LogP contribution in [0.25, 0.3) is 0 Å². The molecule has 1 amide bonds. The van der Waals surface area contributed by atoms with E-state index >= 15 is 0 Å². The van der Waals surface area contributed by atoms with Gasteiger partial charge in [0.1, 0.15) is 0 Å². The molecule has 94 valence electrons. The first-order valence-electron chi connectivity index (χ1n) is 6.65. The van der Waals surface area contributed by atoms with Gasteiger partial charge in [-0.05, 0) is 31.1 Å². The predicted octanol–water partition coefficient (Wildman–Crippen LogP) is 1.93. The van der Waals surface area contributed by atoms with Gasteiger partial charge in [0.15, 0.2) is 0 Å². The molecule has 0 heterocycles. The SMILES string of the molecule is CCCNC(=O)CCNC(C(C)C)C1CC1. The summed E-state index contributed by atoms with van der Waals surface area (Å²) in [4.78, 5) is 11.4. The Balaban J connectivity index is 2.10. The topological polar surface area (TPSA) is 41.1 Å². The second kappa shape index (κ2) is 6.89. The number of carbonyl (C=O) groups excluding carboxylic acids is 1. The van der Waals surface area contributed by atoms with Crippen LogP contribution in [0.1, 0.15) is 46.5 Å². The minimum atomic E-state index is 0.174. The number of amides is 1. The molecule has 0 radical (unpaired) electrons. The molecule has 0 aliphatic heterocycles. The van der Waals surface area contributed by atoms with Gasteiger partial charge in [-0.3, -0.25) is 4.79 Å². The van der Waals surface area contributed by atoms with Gasteiger partial charge in [-0.1, -0.05) is 20.8 Å². The van der Waals surface area contributed by atoms with Crippen molar-refractivity contribution < 1.29 is 4.79 Å². The van der Waals surface area contributed by atoms with Crippen molar-refractivity contribution in [1.29, 1.82) is 0 Å². The van der Waals surface area contributed by atoms with Gasteiger partial charge in [0, 0.05) is 25.6 Å². The van der Waals surface area contributed by atoms with Crippen molar-refractivity contribution in [1.82, 2.24) is 10.6 Å². The molecule has 16 heavy (non-hydrogen) atoms. The largest absolute Gasteiger partial charge is 0.356 e. The van der Waals surface area contributed by atoms with Gasteiger partial charge in [0.05, 0.1) is 0 Å². The van der Waals surface area contributed by atoms with Crippen molar-refractivity contribution >= 4 is 5.91 Å². The van der Waals surface area contributed by atoms with Crippen molar-refractivity contribution in [2.24, 2.45) is 11.8 Å². The monoisotopic (exact) mass is 226 g/mol. The molecule has 0 aromatic carbocycles. The summed E-state index contributed by atoms with van der Waals surface area (Å²) in [6.45, 7) is 8.20. The number of carbonyl (C=O) groups is 1. The van der Waals surface area contributed by atoms with Gasteiger partial charge < -0.3 is 10.6 Å². The highest BCUT2D eigenvalue weighted by molar-refractivity contribution is 5.75. The number of hydrogen-bond acceptors (Lipinski definition) is 2. The second-order valence-corrected chi connectivity index (χ2v) is 5.16. The van der Waals surface area contributed by atoms with E-state index in [-0.39, 0.29) is 5.91 Å². The average molecular weight is 226 g/mol. The Labute approximate surface area is 99.4 Å². The molecule has 1 atom stereocenters. The summed E-state index contributed by atoms with van der Waals surface area (Å²) in [5.41, 5.74) is 0. The Morgan fingerprint density at radius 1 is 1.31 bits per heavy atom. The smallest absolute Gasteiger partial charge is 0.221 e. The molecule has 3 nitrogen and oxygen atoms in total. The maximum atomic E-state index is 11.4. The fraction of sp³-hybridized carbons (Fsp3) is 0.923. The number of rotatable bonds is 8. The Morgan fingerprint density at radius 3 is 2.50 bits per heavy atom. The van der Waals surface area contributed by atoms with Gasteiger partial charge >= 0.3 is 0 Å². The summed E-state index contributed by atoms with van der Waals surface area (Å²) in [5.74, 6) is 1.71. The van der Waals surface area contributed by atoms with Crippen molar-refractivity contribution in [3.8, 4) is 0 Å². The molecule has 2 N–H and O–H groups in total. The first-order chi connectivity index (χ1) is 7.65. The summed E-state index contributed by atoms with van der Waals surface area (Å²) in [5, 5.41) is 6.43. The summed E-state index contributed by atoms with van der Waals surface area (Å²) in [6, 6.07) is 0.610. The average Bonchev–Trinajstić information content (AvgIpc) is 3.04. The zero-order valence-electron chi connectivity index (χ0n) is 10.9. The van der Waals surface area contributed by atoms with Crippen molar-refractivity contribution in [3.05, 3.63) is 0 Å². The highest BCUT2D eigenvalue weighted by Gasteiger charge is 2.32. The molecular weight excluding hydrogens is 200 g/mol. The second-order valence-electron chi connectivity index (χ2n) is 5.16. The van der Waals surface area contributed by atoms with E-state index in [1.165, 1.54) is 12.8 Å². The van der Waals surface area contributed by atoms with E-state index in [4.69, 9.17) is 0 Å². The van der Waals surface area contributed by atoms with E-state index in [9.17, 15) is 4.79 Å². The molecule has 0 aromatic heterocycles. The molecule has 0 saturated heterocycles. The summed E-state index contributed by atoms with van der Waals surface area (Å²) in [6.07, 6.45) is 4.33. The summed E-state index contributed by atoms with van der Waals surface area (Å²) >= 11 is 0. The van der Waals surface area contributed by atoms with E-state index < -0.39 is 0 Å². The van der Waals surface area contributed by atoms with Crippen LogP contribution in [0, 0.1) is 11.8 Å². The van der Waals surface area contributed by atoms with Crippen LogP contribution in [0.2, 0.25) is 0 Å². The molecule has 1 fully saturated rings. The maximum Gasteiger partial charge on any atom is 0.221 e. The van der Waals surface area contributed by atoms with E-state index in [2.05, 4.69) is 31.4 Å². The molecule has 1 unspecified atom stereocenters. The van der Waals surface area contributed by atoms with E-state index in [1.54, 1.807) is 0 Å². The Bertz CT molecular complexity index is 210. The van der Waals surface area contributed by atoms with Gasteiger partial charge in [0.2, 0.25) is 5.91 Å². The molecular formula is C13H26N2O. The predicted molar refractivity (Wildman–Crippen MR) is 67.3 cm³/mol. The lowest BCUT2D eigenvalue weighted by atomic mass is 9.99. The van der Waals surface area contributed by atoms with E-state index in [0.29, 0.717) is 18.4 Å². The molecule has 3 heteroatoms. The molecule has 1 rings (SSSR count). The van der Waals surface area contributed by atoms with Crippen molar-refractivity contribution in [2.75, 3.05) is 13.1 Å². The number of hydrogen-bond donors (Lipinski definition) is 2. The van der Waals surface area contributed by atoms with Crippen LogP contribution in [0.5, 0.6) is 0 Å². The standard InChI is InChI=1S/C13H26N2O/c1-4-8-14-12(16)7-9-15-13(10(2)3)11-5-6-11/h10-11,13,15H,4-9H2,1-3H3,(H,14,16). The molecule has 1 aliphatic carbocycles. The fourth-order valence-corrected chi connectivity index (χ4v) is 2.11. The van der Waals surface area contributed by atoms with Crippen LogP contribution in [0.15, 0.2) is 0 Å². The molecule has 1 aliphatic rings. The van der Waals surface area contributed by atoms with E-state index in [1.807, 2.05) is 0 Å². The number of nitrogens with one attached hydrogen (secondary N) is 2. The third kappa shape index (κ3) is 4.97. The molecule has 0 aromatic rings. The summed E-state index contributed by atoms with van der Waals surface area (Å²) < 4.78 is 0. The van der Waals surface area contributed by atoms with Crippen LogP contribution in [-0.2, 0) is 4.79 Å². The summed E-state index contributed by atoms with van der Waals surface area (Å²) in [7, 11) is 0. The highest BCUT2D eigenvalue weighted by atomic mass is 16.1. The van der Waals surface area contributed by atoms with Crippen molar-refractivity contribution in [3.63, 3.8) is 0 Å². The van der Waals surface area contributed by atoms with Crippen LogP contribution < -0.4 is 10.6 Å². The van der Waals surface area contributed by atoms with Gasteiger partial charge in [0.25, 0.3) is 0 Å². The first-order valence-corrected chi connectivity index (χ1v) is 6.65. The normalized spacial score (nSPS) is 17.5. The zero-order valence-corrected chi connectivity index (χ0v) is 10.9.